The first-order valence-electron chi connectivity index (χ1n) is 7.15. The zero-order valence-electron chi connectivity index (χ0n) is 13.0. The molecule has 2 aromatic rings. The Hall–Kier alpha value is -2.34. The van der Waals surface area contributed by atoms with Crippen molar-refractivity contribution in [1.82, 2.24) is 4.57 Å². The third-order valence-electron chi connectivity index (χ3n) is 3.65. The van der Waals surface area contributed by atoms with Gasteiger partial charge in [-0.25, -0.2) is 0 Å². The maximum Gasteiger partial charge on any atom is 0.268 e. The Balaban J connectivity index is 2.68. The minimum Gasteiger partial charge on any atom is -0.307 e. The molecule has 0 N–H and O–H groups in total. The standard InChI is InChI=1S/C18H20N2O/c1-12(2)11-20-17(8-7-16(10-19)18(20)21)15-6-5-13(3)14(4)9-15/h5-9,12H,11H2,1-4H3. The van der Waals surface area contributed by atoms with E-state index < -0.39 is 0 Å². The fourth-order valence-electron chi connectivity index (χ4n) is 2.36. The lowest BCUT2D eigenvalue weighted by atomic mass is 10.0. The topological polar surface area (TPSA) is 45.8 Å². The number of rotatable bonds is 3. The van der Waals surface area contributed by atoms with Gasteiger partial charge in [-0.05, 0) is 54.7 Å². The number of pyridine rings is 1. The lowest BCUT2D eigenvalue weighted by Gasteiger charge is -2.16. The summed E-state index contributed by atoms with van der Waals surface area (Å²) in [5.74, 6) is 0.335. The van der Waals surface area contributed by atoms with E-state index >= 15 is 0 Å². The minimum atomic E-state index is -0.207. The van der Waals surface area contributed by atoms with Crippen LogP contribution in [0.15, 0.2) is 35.1 Å². The van der Waals surface area contributed by atoms with Gasteiger partial charge in [-0.15, -0.1) is 0 Å². The molecule has 0 bridgehead atoms. The summed E-state index contributed by atoms with van der Waals surface area (Å²) in [6.45, 7) is 8.87. The summed E-state index contributed by atoms with van der Waals surface area (Å²) >= 11 is 0. The van der Waals surface area contributed by atoms with Gasteiger partial charge in [0.05, 0.1) is 5.69 Å². The first-order chi connectivity index (χ1) is 9.93. The van der Waals surface area contributed by atoms with E-state index in [0.29, 0.717) is 12.5 Å². The highest BCUT2D eigenvalue weighted by molar-refractivity contribution is 5.62. The van der Waals surface area contributed by atoms with Crippen LogP contribution in [0, 0.1) is 31.1 Å². The number of hydrogen-bond acceptors (Lipinski definition) is 2. The van der Waals surface area contributed by atoms with Crippen LogP contribution in [0.2, 0.25) is 0 Å². The highest BCUT2D eigenvalue weighted by Crippen LogP contribution is 2.22. The number of nitriles is 1. The van der Waals surface area contributed by atoms with Crippen LogP contribution in [0.3, 0.4) is 0 Å². The number of nitrogens with zero attached hydrogens (tertiary/aromatic N) is 2. The zero-order chi connectivity index (χ0) is 15.6. The van der Waals surface area contributed by atoms with Crippen molar-refractivity contribution in [1.29, 1.82) is 5.26 Å². The fourth-order valence-corrected chi connectivity index (χ4v) is 2.36. The summed E-state index contributed by atoms with van der Waals surface area (Å²) in [5, 5.41) is 9.06. The Morgan fingerprint density at radius 2 is 1.86 bits per heavy atom. The second-order valence-corrected chi connectivity index (χ2v) is 5.85. The molecule has 0 fully saturated rings. The molecule has 108 valence electrons. The Morgan fingerprint density at radius 3 is 2.43 bits per heavy atom. The largest absolute Gasteiger partial charge is 0.307 e. The van der Waals surface area contributed by atoms with Crippen molar-refractivity contribution >= 4 is 0 Å². The predicted molar refractivity (Wildman–Crippen MR) is 85.2 cm³/mol. The normalized spacial score (nSPS) is 10.7. The number of hydrogen-bond donors (Lipinski definition) is 0. The van der Waals surface area contributed by atoms with Gasteiger partial charge < -0.3 is 4.57 Å². The van der Waals surface area contributed by atoms with Crippen LogP contribution in [0.25, 0.3) is 11.3 Å². The lowest BCUT2D eigenvalue weighted by Crippen LogP contribution is -2.26. The Bertz CT molecular complexity index is 764. The van der Waals surface area contributed by atoms with Crippen LogP contribution in [-0.4, -0.2) is 4.57 Å². The van der Waals surface area contributed by atoms with Gasteiger partial charge in [0.25, 0.3) is 5.56 Å². The first-order valence-corrected chi connectivity index (χ1v) is 7.15. The summed E-state index contributed by atoms with van der Waals surface area (Å²) < 4.78 is 1.72. The van der Waals surface area contributed by atoms with Crippen molar-refractivity contribution in [3.63, 3.8) is 0 Å². The summed E-state index contributed by atoms with van der Waals surface area (Å²) in [7, 11) is 0. The van der Waals surface area contributed by atoms with Crippen molar-refractivity contribution in [2.45, 2.75) is 34.2 Å². The molecule has 0 atom stereocenters. The molecule has 0 amide bonds. The second kappa shape index (κ2) is 5.97. The average molecular weight is 280 g/mol. The number of aromatic nitrogens is 1. The molecular weight excluding hydrogens is 260 g/mol. The van der Waals surface area contributed by atoms with Crippen LogP contribution < -0.4 is 5.56 Å². The Kier molecular flexibility index (Phi) is 4.28. The molecule has 0 radical (unpaired) electrons. The highest BCUT2D eigenvalue weighted by Gasteiger charge is 2.12. The SMILES string of the molecule is Cc1ccc(-c2ccc(C#N)c(=O)n2CC(C)C)cc1C. The van der Waals surface area contributed by atoms with Crippen molar-refractivity contribution in [2.24, 2.45) is 5.92 Å². The van der Waals surface area contributed by atoms with E-state index in [2.05, 4.69) is 39.8 Å². The molecule has 1 aromatic heterocycles. The summed E-state index contributed by atoms with van der Waals surface area (Å²) in [6.07, 6.45) is 0. The number of aryl methyl sites for hydroxylation is 2. The molecule has 0 aliphatic heterocycles. The maximum atomic E-state index is 12.4. The Labute approximate surface area is 125 Å². The molecule has 0 aliphatic rings. The molecular formula is C18H20N2O. The maximum absolute atomic E-state index is 12.4. The van der Waals surface area contributed by atoms with Crippen molar-refractivity contribution in [3.05, 3.63) is 57.4 Å². The molecule has 1 aromatic carbocycles. The zero-order valence-corrected chi connectivity index (χ0v) is 13.0. The van der Waals surface area contributed by atoms with E-state index in [0.717, 1.165) is 11.3 Å². The van der Waals surface area contributed by atoms with Crippen LogP contribution in [0.5, 0.6) is 0 Å². The number of benzene rings is 1. The van der Waals surface area contributed by atoms with E-state index in [-0.39, 0.29) is 11.1 Å². The molecule has 0 saturated heterocycles. The summed E-state index contributed by atoms with van der Waals surface area (Å²) in [4.78, 5) is 12.4. The molecule has 2 rings (SSSR count). The van der Waals surface area contributed by atoms with Crippen molar-refractivity contribution in [3.8, 4) is 17.3 Å². The van der Waals surface area contributed by atoms with Gasteiger partial charge in [-0.3, -0.25) is 4.79 Å². The molecule has 3 heteroatoms. The first kappa shape index (κ1) is 15.1. The fraction of sp³-hybridized carbons (Fsp3) is 0.333. The van der Waals surface area contributed by atoms with E-state index in [1.54, 1.807) is 10.6 Å². The smallest absolute Gasteiger partial charge is 0.268 e. The summed E-state index contributed by atoms with van der Waals surface area (Å²) in [5.41, 5.74) is 4.30. The van der Waals surface area contributed by atoms with Gasteiger partial charge in [-0.1, -0.05) is 26.0 Å². The monoisotopic (exact) mass is 280 g/mol. The molecule has 1 heterocycles. The Morgan fingerprint density at radius 1 is 1.14 bits per heavy atom. The second-order valence-electron chi connectivity index (χ2n) is 5.85. The van der Waals surface area contributed by atoms with Gasteiger partial charge >= 0.3 is 0 Å². The van der Waals surface area contributed by atoms with E-state index in [1.165, 1.54) is 11.1 Å². The highest BCUT2D eigenvalue weighted by atomic mass is 16.1. The molecule has 0 saturated carbocycles. The van der Waals surface area contributed by atoms with Crippen LogP contribution in [0.1, 0.15) is 30.5 Å². The van der Waals surface area contributed by atoms with Crippen molar-refractivity contribution < 1.29 is 0 Å². The summed E-state index contributed by atoms with van der Waals surface area (Å²) in [6, 6.07) is 11.6. The minimum absolute atomic E-state index is 0.197. The van der Waals surface area contributed by atoms with Gasteiger partial charge in [0, 0.05) is 6.54 Å². The molecule has 3 nitrogen and oxygen atoms in total. The van der Waals surface area contributed by atoms with E-state index in [1.807, 2.05) is 18.2 Å². The third kappa shape index (κ3) is 3.05. The molecule has 0 spiro atoms. The van der Waals surface area contributed by atoms with Gasteiger partial charge in [0.1, 0.15) is 11.6 Å². The van der Waals surface area contributed by atoms with Gasteiger partial charge in [0.2, 0.25) is 0 Å². The lowest BCUT2D eigenvalue weighted by molar-refractivity contribution is 0.514. The van der Waals surface area contributed by atoms with Crippen molar-refractivity contribution in [2.75, 3.05) is 0 Å². The third-order valence-corrected chi connectivity index (χ3v) is 3.65. The van der Waals surface area contributed by atoms with Gasteiger partial charge in [-0.2, -0.15) is 5.26 Å². The molecule has 21 heavy (non-hydrogen) atoms. The predicted octanol–water partition coefficient (Wildman–Crippen LogP) is 3.66. The molecule has 0 unspecified atom stereocenters. The van der Waals surface area contributed by atoms with Gasteiger partial charge in [0.15, 0.2) is 0 Å². The van der Waals surface area contributed by atoms with Crippen LogP contribution in [0.4, 0.5) is 0 Å². The van der Waals surface area contributed by atoms with Crippen LogP contribution >= 0.6 is 0 Å². The van der Waals surface area contributed by atoms with E-state index in [4.69, 9.17) is 5.26 Å². The quantitative estimate of drug-likeness (QED) is 0.861. The van der Waals surface area contributed by atoms with Crippen LogP contribution in [-0.2, 0) is 6.54 Å². The van der Waals surface area contributed by atoms with E-state index in [9.17, 15) is 4.79 Å². The average Bonchev–Trinajstić information content (AvgIpc) is 2.44. The molecule has 0 aliphatic carbocycles.